The van der Waals surface area contributed by atoms with Gasteiger partial charge >= 0.3 is 0 Å². The summed E-state index contributed by atoms with van der Waals surface area (Å²) in [7, 11) is 5.32. The summed E-state index contributed by atoms with van der Waals surface area (Å²) in [4.78, 5) is 34.1. The number of benzene rings is 1. The molecule has 0 saturated carbocycles. The fraction of sp³-hybridized carbons (Fsp3) is 0.400. The lowest BCUT2D eigenvalue weighted by atomic mass is 10.1. The molecule has 0 aliphatic heterocycles. The van der Waals surface area contributed by atoms with E-state index in [0.717, 1.165) is 0 Å². The molecule has 9 nitrogen and oxygen atoms in total. The molecule has 0 aliphatic rings. The van der Waals surface area contributed by atoms with E-state index in [2.05, 4.69) is 25.9 Å². The van der Waals surface area contributed by atoms with E-state index >= 15 is 0 Å². The van der Waals surface area contributed by atoms with E-state index in [1.54, 1.807) is 18.0 Å². The first-order valence-electron chi connectivity index (χ1n) is 9.61. The molecule has 2 amide bonds. The topological polar surface area (TPSA) is 125 Å². The van der Waals surface area contributed by atoms with Crippen LogP contribution in [0.5, 0.6) is 0 Å². The Labute approximate surface area is 175 Å². The molecule has 1 aromatic heterocycles. The van der Waals surface area contributed by atoms with Crippen LogP contribution in [0.25, 0.3) is 0 Å². The number of rotatable bonds is 10. The van der Waals surface area contributed by atoms with E-state index in [4.69, 9.17) is 5.73 Å². The van der Waals surface area contributed by atoms with Gasteiger partial charge in [-0.2, -0.15) is 0 Å². The van der Waals surface area contributed by atoms with Gasteiger partial charge in [-0.25, -0.2) is 14.4 Å². The molecular weight excluding hydrogens is 389 g/mol. The number of likely N-dealkylation sites (N-methyl/N-ethyl adjacent to an activating group) is 1. The molecule has 30 heavy (non-hydrogen) atoms. The van der Waals surface area contributed by atoms with Crippen LogP contribution in [0.1, 0.15) is 28.7 Å². The van der Waals surface area contributed by atoms with Gasteiger partial charge in [-0.05, 0) is 43.7 Å². The van der Waals surface area contributed by atoms with Gasteiger partial charge in [-0.1, -0.05) is 6.92 Å². The third-order valence-electron chi connectivity index (χ3n) is 4.23. The first-order chi connectivity index (χ1) is 14.2. The monoisotopic (exact) mass is 417 g/mol. The maximum Gasteiger partial charge on any atom is 0.271 e. The molecule has 1 heterocycles. The zero-order chi connectivity index (χ0) is 22.3. The van der Waals surface area contributed by atoms with Crippen molar-refractivity contribution in [3.05, 3.63) is 41.0 Å². The Bertz CT molecular complexity index is 918. The van der Waals surface area contributed by atoms with Gasteiger partial charge in [0.05, 0.1) is 12.2 Å². The number of aryl methyl sites for hydroxylation is 1. The van der Waals surface area contributed by atoms with Gasteiger partial charge in [-0.15, -0.1) is 0 Å². The van der Waals surface area contributed by atoms with Gasteiger partial charge < -0.3 is 26.6 Å². The number of aromatic nitrogens is 2. The fourth-order valence-electron chi connectivity index (χ4n) is 2.89. The average Bonchev–Trinajstić information content (AvgIpc) is 2.67. The van der Waals surface area contributed by atoms with Crippen molar-refractivity contribution in [1.82, 2.24) is 20.6 Å². The summed E-state index contributed by atoms with van der Waals surface area (Å²) in [6.45, 7) is 2.49. The molecule has 0 bridgehead atoms. The first-order valence-corrected chi connectivity index (χ1v) is 9.61. The Morgan fingerprint density at radius 1 is 1.20 bits per heavy atom. The highest BCUT2D eigenvalue weighted by Gasteiger charge is 2.18. The van der Waals surface area contributed by atoms with Crippen molar-refractivity contribution in [3.63, 3.8) is 0 Å². The van der Waals surface area contributed by atoms with Crippen molar-refractivity contribution in [2.75, 3.05) is 44.4 Å². The molecule has 0 atom stereocenters. The van der Waals surface area contributed by atoms with E-state index in [9.17, 15) is 14.0 Å². The van der Waals surface area contributed by atoms with E-state index in [0.29, 0.717) is 42.1 Å². The lowest BCUT2D eigenvalue weighted by molar-refractivity contribution is -0.120. The van der Waals surface area contributed by atoms with Crippen LogP contribution in [0, 0.1) is 5.82 Å². The Morgan fingerprint density at radius 3 is 2.53 bits per heavy atom. The normalized spacial score (nSPS) is 10.6. The quantitative estimate of drug-likeness (QED) is 0.454. The van der Waals surface area contributed by atoms with Crippen LogP contribution in [0.4, 0.5) is 21.7 Å². The number of hydrogen-bond donors (Lipinski definition) is 4. The number of carbonyl (C=O) groups excluding carboxylic acids is 2. The molecule has 0 saturated heterocycles. The highest BCUT2D eigenvalue weighted by molar-refractivity contribution is 5.96. The minimum atomic E-state index is -0.728. The lowest BCUT2D eigenvalue weighted by Crippen LogP contribution is -2.33. The minimum absolute atomic E-state index is 0.0115. The van der Waals surface area contributed by atoms with E-state index in [1.807, 2.05) is 21.0 Å². The molecule has 5 N–H and O–H groups in total. The number of primary amides is 1. The molecule has 0 fully saturated rings. The highest BCUT2D eigenvalue weighted by Crippen LogP contribution is 2.25. The number of anilines is 3. The Kier molecular flexibility index (Phi) is 8.05. The number of carbonyl (C=O) groups is 2. The summed E-state index contributed by atoms with van der Waals surface area (Å²) in [5.74, 6) is -0.575. The van der Waals surface area contributed by atoms with Gasteiger partial charge in [0.1, 0.15) is 5.82 Å². The standard InChI is InChI=1S/C20H28FN7O2/c1-5-15-20(28(3)4)27-19(17(26-15)18(22)30)25-14-9-12(8-13(21)10-14)6-7-24-16(29)11-23-2/h8-10,23H,5-7,11H2,1-4H3,(H2,22,30)(H,24,29)(H,25,27). The molecular formula is C20H28FN7O2. The van der Waals surface area contributed by atoms with Crippen LogP contribution in [-0.2, 0) is 17.6 Å². The van der Waals surface area contributed by atoms with Crippen molar-refractivity contribution in [3.8, 4) is 0 Å². The Morgan fingerprint density at radius 2 is 1.93 bits per heavy atom. The van der Waals surface area contributed by atoms with Crippen molar-refractivity contribution in [2.45, 2.75) is 19.8 Å². The van der Waals surface area contributed by atoms with Crippen molar-refractivity contribution in [2.24, 2.45) is 5.73 Å². The number of nitrogens with two attached hydrogens (primary N) is 1. The maximum atomic E-state index is 14.1. The first kappa shape index (κ1) is 23.0. The largest absolute Gasteiger partial charge is 0.364 e. The molecule has 0 radical (unpaired) electrons. The molecule has 0 aliphatic carbocycles. The van der Waals surface area contributed by atoms with E-state index < -0.39 is 11.7 Å². The summed E-state index contributed by atoms with van der Waals surface area (Å²) in [5, 5.41) is 8.47. The van der Waals surface area contributed by atoms with Crippen LogP contribution in [0.15, 0.2) is 18.2 Å². The molecule has 162 valence electrons. The minimum Gasteiger partial charge on any atom is -0.364 e. The van der Waals surface area contributed by atoms with Crippen LogP contribution >= 0.6 is 0 Å². The van der Waals surface area contributed by atoms with Crippen LogP contribution in [0.2, 0.25) is 0 Å². The van der Waals surface area contributed by atoms with Crippen molar-refractivity contribution in [1.29, 1.82) is 0 Å². The van der Waals surface area contributed by atoms with Crippen LogP contribution in [0.3, 0.4) is 0 Å². The van der Waals surface area contributed by atoms with Crippen molar-refractivity contribution >= 4 is 29.1 Å². The number of nitrogens with zero attached hydrogens (tertiary/aromatic N) is 3. The Hall–Kier alpha value is -3.27. The number of hydrogen-bond acceptors (Lipinski definition) is 7. The van der Waals surface area contributed by atoms with Gasteiger partial charge in [0.25, 0.3) is 5.91 Å². The summed E-state index contributed by atoms with van der Waals surface area (Å²) in [6, 6.07) is 4.41. The Balaban J connectivity index is 2.28. The smallest absolute Gasteiger partial charge is 0.271 e. The van der Waals surface area contributed by atoms with E-state index in [1.165, 1.54) is 12.1 Å². The predicted octanol–water partition coefficient (Wildman–Crippen LogP) is 0.965. The molecule has 0 spiro atoms. The number of amides is 2. The van der Waals surface area contributed by atoms with Crippen LogP contribution in [-0.4, -0.2) is 56.0 Å². The third kappa shape index (κ3) is 6.11. The van der Waals surface area contributed by atoms with Gasteiger partial charge in [0, 0.05) is 26.3 Å². The average molecular weight is 417 g/mol. The predicted molar refractivity (Wildman–Crippen MR) is 115 cm³/mol. The van der Waals surface area contributed by atoms with Gasteiger partial charge in [0.15, 0.2) is 17.3 Å². The summed E-state index contributed by atoms with van der Waals surface area (Å²) in [6.07, 6.45) is 1.01. The number of nitrogens with one attached hydrogen (secondary N) is 3. The number of halogens is 1. The molecule has 2 rings (SSSR count). The lowest BCUT2D eigenvalue weighted by Gasteiger charge is -2.18. The SMILES string of the molecule is CCc1nc(C(N)=O)c(Nc2cc(F)cc(CCNC(=O)CNC)c2)nc1N(C)C. The zero-order valence-electron chi connectivity index (χ0n) is 17.7. The second-order valence-corrected chi connectivity index (χ2v) is 6.91. The van der Waals surface area contributed by atoms with E-state index in [-0.39, 0.29) is 24.0 Å². The highest BCUT2D eigenvalue weighted by atomic mass is 19.1. The second kappa shape index (κ2) is 10.5. The second-order valence-electron chi connectivity index (χ2n) is 6.91. The summed E-state index contributed by atoms with van der Waals surface area (Å²) >= 11 is 0. The fourth-order valence-corrected chi connectivity index (χ4v) is 2.89. The third-order valence-corrected chi connectivity index (χ3v) is 4.23. The van der Waals surface area contributed by atoms with Gasteiger partial charge in [0.2, 0.25) is 5.91 Å². The zero-order valence-corrected chi connectivity index (χ0v) is 17.7. The maximum absolute atomic E-state index is 14.1. The van der Waals surface area contributed by atoms with Gasteiger partial charge in [-0.3, -0.25) is 9.59 Å². The van der Waals surface area contributed by atoms with Crippen molar-refractivity contribution < 1.29 is 14.0 Å². The molecule has 1 aromatic carbocycles. The van der Waals surface area contributed by atoms with Crippen LogP contribution < -0.4 is 26.6 Å². The molecule has 0 unspecified atom stereocenters. The summed E-state index contributed by atoms with van der Waals surface area (Å²) < 4.78 is 14.1. The molecule has 2 aromatic rings. The summed E-state index contributed by atoms with van der Waals surface area (Å²) in [5.41, 5.74) is 7.18. The molecule has 10 heteroatoms.